The lowest BCUT2D eigenvalue weighted by Crippen LogP contribution is -2.16. The number of benzene rings is 2. The number of amidine groups is 2. The third kappa shape index (κ3) is 5.16. The average molecular weight is 346 g/mol. The van der Waals surface area contributed by atoms with Crippen LogP contribution in [0.2, 0.25) is 5.02 Å². The van der Waals surface area contributed by atoms with Crippen LogP contribution >= 0.6 is 11.6 Å². The third-order valence-corrected chi connectivity index (χ3v) is 3.68. The molecule has 24 heavy (non-hydrogen) atoms. The molecule has 0 heterocycles. The highest BCUT2D eigenvalue weighted by Crippen LogP contribution is 2.22. The smallest absolute Gasteiger partial charge is 0.178 e. The van der Waals surface area contributed by atoms with Gasteiger partial charge in [-0.2, -0.15) is 0 Å². The van der Waals surface area contributed by atoms with E-state index in [0.29, 0.717) is 34.4 Å². The van der Waals surface area contributed by atoms with E-state index in [4.69, 9.17) is 17.3 Å². The molecule has 2 aromatic rings. The molecular weight excluding hydrogens is 326 g/mol. The Balaban J connectivity index is 2.12. The monoisotopic (exact) mass is 345 g/mol. The molecule has 0 saturated heterocycles. The van der Waals surface area contributed by atoms with Gasteiger partial charge < -0.3 is 15.9 Å². The minimum Gasteiger partial charge on any atom is -0.387 e. The van der Waals surface area contributed by atoms with E-state index in [1.54, 1.807) is 32.0 Å². The zero-order valence-corrected chi connectivity index (χ0v) is 14.3. The van der Waals surface area contributed by atoms with Crippen LogP contribution in [0.25, 0.3) is 0 Å². The van der Waals surface area contributed by atoms with E-state index in [1.165, 1.54) is 0 Å². The number of hydrogen-bond donors (Lipinski definition) is 3. The van der Waals surface area contributed by atoms with Crippen molar-refractivity contribution >= 4 is 29.0 Å². The fourth-order valence-electron chi connectivity index (χ4n) is 2.29. The summed E-state index contributed by atoms with van der Waals surface area (Å²) in [5, 5.41) is 19.1. The second-order valence-corrected chi connectivity index (χ2v) is 5.92. The summed E-state index contributed by atoms with van der Waals surface area (Å²) in [7, 11) is 0. The van der Waals surface area contributed by atoms with Gasteiger partial charge in [-0.15, -0.1) is 0 Å². The van der Waals surface area contributed by atoms with E-state index >= 15 is 0 Å². The molecule has 0 unspecified atom stereocenters. The maximum atomic E-state index is 9.23. The molecule has 2 aromatic carbocycles. The van der Waals surface area contributed by atoms with E-state index in [9.17, 15) is 10.2 Å². The number of nitrogens with two attached hydrogens (primary N) is 1. The molecule has 2 rings (SSSR count). The topological polar surface area (TPSA) is 91.2 Å². The maximum Gasteiger partial charge on any atom is 0.178 e. The van der Waals surface area contributed by atoms with Gasteiger partial charge in [0.25, 0.3) is 0 Å². The summed E-state index contributed by atoms with van der Waals surface area (Å²) >= 11 is 5.85. The maximum absolute atomic E-state index is 9.23. The van der Waals surface area contributed by atoms with Gasteiger partial charge in [-0.3, -0.25) is 0 Å². The second kappa shape index (κ2) is 8.06. The minimum atomic E-state index is -1.49. The fourth-order valence-corrected chi connectivity index (χ4v) is 2.42. The predicted octanol–water partition coefficient (Wildman–Crippen LogP) is 3.28. The predicted molar refractivity (Wildman–Crippen MR) is 97.9 cm³/mol. The molecule has 0 spiro atoms. The quantitative estimate of drug-likeness (QED) is 0.451. The Labute approximate surface area is 146 Å². The SMILES string of the molecule is CC(N=C(N)Cc1ccc(Cl)cc1)=Nc1ccc(C(O)O)c(C)c1. The van der Waals surface area contributed by atoms with Gasteiger partial charge in [0, 0.05) is 17.0 Å². The molecule has 0 aromatic heterocycles. The highest BCUT2D eigenvalue weighted by Gasteiger charge is 2.06. The molecule has 0 amide bonds. The van der Waals surface area contributed by atoms with Crippen LogP contribution in [-0.4, -0.2) is 21.9 Å². The third-order valence-electron chi connectivity index (χ3n) is 3.43. The number of halogens is 1. The van der Waals surface area contributed by atoms with E-state index < -0.39 is 6.29 Å². The first-order chi connectivity index (χ1) is 11.3. The molecule has 5 nitrogen and oxygen atoms in total. The highest BCUT2D eigenvalue weighted by molar-refractivity contribution is 6.30. The summed E-state index contributed by atoms with van der Waals surface area (Å²) in [6.07, 6.45) is -0.976. The number of rotatable bonds is 4. The van der Waals surface area contributed by atoms with Gasteiger partial charge >= 0.3 is 0 Å². The molecule has 0 radical (unpaired) electrons. The molecule has 0 saturated carbocycles. The summed E-state index contributed by atoms with van der Waals surface area (Å²) in [5.41, 5.74) is 8.86. The Kier molecular flexibility index (Phi) is 6.09. The largest absolute Gasteiger partial charge is 0.387 e. The van der Waals surface area contributed by atoms with Crippen LogP contribution < -0.4 is 5.73 Å². The Hall–Kier alpha value is -2.21. The van der Waals surface area contributed by atoms with Gasteiger partial charge in [0.15, 0.2) is 6.29 Å². The Morgan fingerprint density at radius 1 is 1.17 bits per heavy atom. The fraction of sp³-hybridized carbons (Fsp3) is 0.222. The lowest BCUT2D eigenvalue weighted by Gasteiger charge is -2.08. The zero-order chi connectivity index (χ0) is 17.7. The van der Waals surface area contributed by atoms with Gasteiger partial charge in [-0.1, -0.05) is 29.8 Å². The standard InChI is InChI=1S/C18H20ClN3O2/c1-11-9-15(7-8-16(11)18(23)24)21-12(2)22-17(20)10-13-3-5-14(19)6-4-13/h3-9,18,23-24H,10H2,1-2H3,(H2,20,21,22). The number of aliphatic hydroxyl groups excluding tert-OH is 1. The van der Waals surface area contributed by atoms with Crippen molar-refractivity contribution in [3.8, 4) is 0 Å². The molecule has 126 valence electrons. The summed E-state index contributed by atoms with van der Waals surface area (Å²) in [4.78, 5) is 8.67. The van der Waals surface area contributed by atoms with Gasteiger partial charge in [0.05, 0.1) is 5.69 Å². The van der Waals surface area contributed by atoms with Crippen molar-refractivity contribution in [2.45, 2.75) is 26.6 Å². The van der Waals surface area contributed by atoms with Crippen LogP contribution in [0.1, 0.15) is 29.9 Å². The molecule has 0 bridgehead atoms. The molecule has 6 heteroatoms. The van der Waals surface area contributed by atoms with Gasteiger partial charge in [0.2, 0.25) is 0 Å². The number of aliphatic imine (C=N–C) groups is 2. The van der Waals surface area contributed by atoms with Crippen molar-refractivity contribution in [2.24, 2.45) is 15.7 Å². The van der Waals surface area contributed by atoms with E-state index in [2.05, 4.69) is 9.98 Å². The van der Waals surface area contributed by atoms with Crippen molar-refractivity contribution < 1.29 is 10.2 Å². The van der Waals surface area contributed by atoms with Crippen molar-refractivity contribution in [1.82, 2.24) is 0 Å². The van der Waals surface area contributed by atoms with Gasteiger partial charge in [0.1, 0.15) is 11.7 Å². The highest BCUT2D eigenvalue weighted by atomic mass is 35.5. The van der Waals surface area contributed by atoms with Crippen LogP contribution in [0.4, 0.5) is 5.69 Å². The lowest BCUT2D eigenvalue weighted by atomic mass is 10.1. The number of nitrogens with zero attached hydrogens (tertiary/aromatic N) is 2. The zero-order valence-electron chi connectivity index (χ0n) is 13.6. The van der Waals surface area contributed by atoms with Crippen LogP contribution in [0.15, 0.2) is 52.4 Å². The van der Waals surface area contributed by atoms with Crippen LogP contribution in [-0.2, 0) is 6.42 Å². The van der Waals surface area contributed by atoms with Crippen molar-refractivity contribution in [3.63, 3.8) is 0 Å². The van der Waals surface area contributed by atoms with E-state index in [0.717, 1.165) is 11.1 Å². The molecule has 0 aliphatic heterocycles. The minimum absolute atomic E-state index is 0.456. The average Bonchev–Trinajstić information content (AvgIpc) is 2.49. The van der Waals surface area contributed by atoms with Crippen LogP contribution in [0.3, 0.4) is 0 Å². The first-order valence-corrected chi connectivity index (χ1v) is 7.82. The number of aliphatic hydroxyl groups is 2. The summed E-state index contributed by atoms with van der Waals surface area (Å²) in [6, 6.07) is 12.5. The molecule has 0 aliphatic rings. The Morgan fingerprint density at radius 3 is 2.42 bits per heavy atom. The van der Waals surface area contributed by atoms with Gasteiger partial charge in [-0.05, 0) is 49.2 Å². The summed E-state index contributed by atoms with van der Waals surface area (Å²) < 4.78 is 0. The van der Waals surface area contributed by atoms with E-state index in [1.807, 2.05) is 24.3 Å². The van der Waals surface area contributed by atoms with Crippen molar-refractivity contribution in [1.29, 1.82) is 0 Å². The first kappa shape index (κ1) is 18.1. The van der Waals surface area contributed by atoms with Crippen LogP contribution in [0, 0.1) is 6.92 Å². The first-order valence-electron chi connectivity index (χ1n) is 7.44. The molecule has 0 fully saturated rings. The number of hydrogen-bond acceptors (Lipinski definition) is 3. The summed E-state index contributed by atoms with van der Waals surface area (Å²) in [5.74, 6) is 0.982. The molecule has 4 N–H and O–H groups in total. The molecule has 0 aliphatic carbocycles. The Bertz CT molecular complexity index is 768. The van der Waals surface area contributed by atoms with E-state index in [-0.39, 0.29) is 0 Å². The van der Waals surface area contributed by atoms with Crippen molar-refractivity contribution in [2.75, 3.05) is 0 Å². The van der Waals surface area contributed by atoms with Gasteiger partial charge in [-0.25, -0.2) is 9.98 Å². The normalized spacial score (nSPS) is 12.8. The second-order valence-electron chi connectivity index (χ2n) is 5.48. The number of aryl methyl sites for hydroxylation is 1. The molecular formula is C18H20ClN3O2. The Morgan fingerprint density at radius 2 is 1.83 bits per heavy atom. The summed E-state index contributed by atoms with van der Waals surface area (Å²) in [6.45, 7) is 3.56. The van der Waals surface area contributed by atoms with Crippen molar-refractivity contribution in [3.05, 3.63) is 64.2 Å². The lowest BCUT2D eigenvalue weighted by molar-refractivity contribution is -0.0429. The molecule has 0 atom stereocenters. The van der Waals surface area contributed by atoms with Crippen LogP contribution in [0.5, 0.6) is 0 Å².